The molecule has 1 unspecified atom stereocenters. The van der Waals surface area contributed by atoms with E-state index in [2.05, 4.69) is 5.32 Å². The van der Waals surface area contributed by atoms with Crippen LogP contribution in [0.3, 0.4) is 0 Å². The van der Waals surface area contributed by atoms with Gasteiger partial charge in [-0.25, -0.2) is 0 Å². The van der Waals surface area contributed by atoms with Crippen LogP contribution in [0, 0.1) is 0 Å². The molecular formula is C13H13ClN2OS. The van der Waals surface area contributed by atoms with Crippen molar-refractivity contribution in [3.8, 4) is 0 Å². The van der Waals surface area contributed by atoms with E-state index >= 15 is 0 Å². The lowest BCUT2D eigenvalue weighted by Gasteiger charge is -2.13. The number of carbonyl (C=O) groups is 1. The van der Waals surface area contributed by atoms with Crippen LogP contribution in [0.5, 0.6) is 0 Å². The number of nitrogen functional groups attached to an aromatic ring is 1. The van der Waals surface area contributed by atoms with Gasteiger partial charge in [0.1, 0.15) is 0 Å². The summed E-state index contributed by atoms with van der Waals surface area (Å²) < 4.78 is 0. The summed E-state index contributed by atoms with van der Waals surface area (Å²) in [6, 6.07) is 8.77. The molecule has 94 valence electrons. The molecule has 2 rings (SSSR count). The van der Waals surface area contributed by atoms with Crippen LogP contribution >= 0.6 is 22.9 Å². The molecule has 0 aliphatic carbocycles. The van der Waals surface area contributed by atoms with Crippen molar-refractivity contribution >= 4 is 34.5 Å². The first-order chi connectivity index (χ1) is 8.58. The zero-order chi connectivity index (χ0) is 13.1. The van der Waals surface area contributed by atoms with Gasteiger partial charge in [0.15, 0.2) is 0 Å². The predicted octanol–water partition coefficient (Wildman–Crippen LogP) is 3.47. The van der Waals surface area contributed by atoms with E-state index in [0.717, 1.165) is 4.88 Å². The molecule has 2 aromatic rings. The summed E-state index contributed by atoms with van der Waals surface area (Å²) in [5.74, 6) is -0.190. The Morgan fingerprint density at radius 3 is 2.83 bits per heavy atom. The van der Waals surface area contributed by atoms with Gasteiger partial charge in [-0.3, -0.25) is 4.79 Å². The molecule has 3 nitrogen and oxygen atoms in total. The van der Waals surface area contributed by atoms with Crippen molar-refractivity contribution in [1.82, 2.24) is 5.32 Å². The van der Waals surface area contributed by atoms with Crippen molar-refractivity contribution in [1.29, 1.82) is 0 Å². The fourth-order valence-corrected chi connectivity index (χ4v) is 2.54. The molecule has 0 spiro atoms. The Bertz CT molecular complexity index is 554. The van der Waals surface area contributed by atoms with E-state index < -0.39 is 0 Å². The van der Waals surface area contributed by atoms with E-state index in [0.29, 0.717) is 16.3 Å². The molecule has 0 radical (unpaired) electrons. The fraction of sp³-hybridized carbons (Fsp3) is 0.154. The molecule has 0 bridgehead atoms. The first kappa shape index (κ1) is 12.9. The largest absolute Gasteiger partial charge is 0.398 e. The maximum atomic E-state index is 12.1. The lowest BCUT2D eigenvalue weighted by Crippen LogP contribution is -2.26. The second kappa shape index (κ2) is 5.42. The first-order valence-corrected chi connectivity index (χ1v) is 6.73. The highest BCUT2D eigenvalue weighted by Gasteiger charge is 2.14. The van der Waals surface area contributed by atoms with Crippen molar-refractivity contribution in [2.75, 3.05) is 5.73 Å². The van der Waals surface area contributed by atoms with Crippen LogP contribution in [0.1, 0.15) is 28.2 Å². The third kappa shape index (κ3) is 2.83. The summed E-state index contributed by atoms with van der Waals surface area (Å²) in [5.41, 5.74) is 6.61. The molecular weight excluding hydrogens is 268 g/mol. The van der Waals surface area contributed by atoms with E-state index in [1.165, 1.54) is 0 Å². The molecule has 0 saturated carbocycles. The molecule has 18 heavy (non-hydrogen) atoms. The second-order valence-corrected chi connectivity index (χ2v) is 5.36. The molecule has 0 aliphatic rings. The minimum absolute atomic E-state index is 0.0346. The van der Waals surface area contributed by atoms with Gasteiger partial charge >= 0.3 is 0 Å². The van der Waals surface area contributed by atoms with Crippen LogP contribution in [-0.2, 0) is 0 Å². The quantitative estimate of drug-likeness (QED) is 0.846. The topological polar surface area (TPSA) is 55.1 Å². The Hall–Kier alpha value is -1.52. The van der Waals surface area contributed by atoms with E-state index in [1.54, 1.807) is 29.5 Å². The number of halogens is 1. The number of rotatable bonds is 3. The predicted molar refractivity (Wildman–Crippen MR) is 76.1 cm³/mol. The van der Waals surface area contributed by atoms with Crippen LogP contribution in [0.2, 0.25) is 5.02 Å². The number of hydrogen-bond acceptors (Lipinski definition) is 3. The van der Waals surface area contributed by atoms with Crippen molar-refractivity contribution < 1.29 is 4.79 Å². The van der Waals surface area contributed by atoms with Crippen molar-refractivity contribution in [2.24, 2.45) is 0 Å². The molecule has 1 heterocycles. The van der Waals surface area contributed by atoms with Gasteiger partial charge < -0.3 is 11.1 Å². The number of anilines is 1. The number of nitrogens with two attached hydrogens (primary N) is 1. The monoisotopic (exact) mass is 280 g/mol. The summed E-state index contributed by atoms with van der Waals surface area (Å²) in [6.07, 6.45) is 0. The lowest BCUT2D eigenvalue weighted by molar-refractivity contribution is 0.0941. The van der Waals surface area contributed by atoms with Crippen molar-refractivity contribution in [2.45, 2.75) is 13.0 Å². The maximum Gasteiger partial charge on any atom is 0.253 e. The Balaban J connectivity index is 2.12. The average molecular weight is 281 g/mol. The van der Waals surface area contributed by atoms with Crippen LogP contribution in [-0.4, -0.2) is 5.91 Å². The molecule has 5 heteroatoms. The van der Waals surface area contributed by atoms with E-state index in [1.807, 2.05) is 24.4 Å². The van der Waals surface area contributed by atoms with Gasteiger partial charge in [-0.2, -0.15) is 0 Å². The summed E-state index contributed by atoms with van der Waals surface area (Å²) in [4.78, 5) is 13.2. The Morgan fingerprint density at radius 1 is 1.44 bits per heavy atom. The van der Waals surface area contributed by atoms with Crippen LogP contribution in [0.15, 0.2) is 35.7 Å². The summed E-state index contributed by atoms with van der Waals surface area (Å²) in [6.45, 7) is 1.94. The fourth-order valence-electron chi connectivity index (χ4n) is 1.62. The SMILES string of the molecule is CC(NC(=O)c1ccc(Cl)cc1N)c1cccs1. The van der Waals surface area contributed by atoms with E-state index in [-0.39, 0.29) is 11.9 Å². The number of hydrogen-bond donors (Lipinski definition) is 2. The Labute approximate surface area is 115 Å². The van der Waals surface area contributed by atoms with Crippen molar-refractivity contribution in [3.05, 3.63) is 51.2 Å². The number of nitrogens with one attached hydrogen (secondary N) is 1. The van der Waals surface area contributed by atoms with Crippen LogP contribution in [0.4, 0.5) is 5.69 Å². The van der Waals surface area contributed by atoms with E-state index in [9.17, 15) is 4.79 Å². The Kier molecular flexibility index (Phi) is 3.89. The summed E-state index contributed by atoms with van der Waals surface area (Å²) >= 11 is 7.41. The second-order valence-electron chi connectivity index (χ2n) is 3.94. The minimum Gasteiger partial charge on any atom is -0.398 e. The molecule has 0 aliphatic heterocycles. The zero-order valence-electron chi connectivity index (χ0n) is 9.81. The molecule has 1 aromatic carbocycles. The van der Waals surface area contributed by atoms with Gasteiger partial charge in [0.05, 0.1) is 11.6 Å². The number of benzene rings is 1. The number of amides is 1. The van der Waals surface area contributed by atoms with Crippen molar-refractivity contribution in [3.63, 3.8) is 0 Å². The van der Waals surface area contributed by atoms with Gasteiger partial charge in [-0.1, -0.05) is 17.7 Å². The van der Waals surface area contributed by atoms with Crippen LogP contribution in [0.25, 0.3) is 0 Å². The highest BCUT2D eigenvalue weighted by atomic mass is 35.5. The smallest absolute Gasteiger partial charge is 0.253 e. The standard InChI is InChI=1S/C13H13ClN2OS/c1-8(12-3-2-6-18-12)16-13(17)10-5-4-9(14)7-11(10)15/h2-8H,15H2,1H3,(H,16,17). The minimum atomic E-state index is -0.190. The summed E-state index contributed by atoms with van der Waals surface area (Å²) in [7, 11) is 0. The molecule has 0 fully saturated rings. The van der Waals surface area contributed by atoms with Gasteiger partial charge in [-0.05, 0) is 36.6 Å². The Morgan fingerprint density at radius 2 is 2.22 bits per heavy atom. The third-order valence-corrected chi connectivity index (χ3v) is 3.87. The highest BCUT2D eigenvalue weighted by molar-refractivity contribution is 7.10. The number of thiophene rings is 1. The molecule has 1 aromatic heterocycles. The first-order valence-electron chi connectivity index (χ1n) is 5.47. The number of carbonyl (C=O) groups excluding carboxylic acids is 1. The third-order valence-electron chi connectivity index (χ3n) is 2.58. The molecule has 1 amide bonds. The molecule has 1 atom stereocenters. The van der Waals surface area contributed by atoms with Gasteiger partial charge in [0.25, 0.3) is 5.91 Å². The molecule has 0 saturated heterocycles. The van der Waals surface area contributed by atoms with Gasteiger partial charge in [0.2, 0.25) is 0 Å². The summed E-state index contributed by atoms with van der Waals surface area (Å²) in [5, 5.41) is 5.41. The zero-order valence-corrected chi connectivity index (χ0v) is 11.4. The normalized spacial score (nSPS) is 12.1. The maximum absolute atomic E-state index is 12.1. The lowest BCUT2D eigenvalue weighted by atomic mass is 10.1. The van der Waals surface area contributed by atoms with Crippen LogP contribution < -0.4 is 11.1 Å². The van der Waals surface area contributed by atoms with Gasteiger partial charge in [-0.15, -0.1) is 11.3 Å². The van der Waals surface area contributed by atoms with Gasteiger partial charge in [0, 0.05) is 15.6 Å². The van der Waals surface area contributed by atoms with E-state index in [4.69, 9.17) is 17.3 Å². The average Bonchev–Trinajstić information content (AvgIpc) is 2.81. The highest BCUT2D eigenvalue weighted by Crippen LogP contribution is 2.21. The molecule has 3 N–H and O–H groups in total.